The van der Waals surface area contributed by atoms with Crippen LogP contribution in [0.15, 0.2) is 85.2 Å². The van der Waals surface area contributed by atoms with Gasteiger partial charge in [0.15, 0.2) is 17.3 Å². The summed E-state index contributed by atoms with van der Waals surface area (Å²) in [6.07, 6.45) is 3.70. The molecule has 2 saturated heterocycles. The maximum Gasteiger partial charge on any atom is 0.193 e. The van der Waals surface area contributed by atoms with Crippen LogP contribution in [0.2, 0.25) is 0 Å². The number of ether oxygens (including phenoxy) is 2. The smallest absolute Gasteiger partial charge is 0.193 e. The Balaban J connectivity index is 1.02. The molecule has 2 aliphatic rings. The monoisotopic (exact) mass is 590 g/mol. The molecule has 0 radical (unpaired) electrons. The van der Waals surface area contributed by atoms with Crippen molar-refractivity contribution in [2.75, 3.05) is 62.4 Å². The number of nitrogens with zero attached hydrogens (tertiary/aromatic N) is 4. The van der Waals surface area contributed by atoms with Crippen LogP contribution in [0, 0.1) is 0 Å². The lowest BCUT2D eigenvalue weighted by Crippen LogP contribution is -2.36. The van der Waals surface area contributed by atoms with E-state index in [2.05, 4.69) is 19.8 Å². The van der Waals surface area contributed by atoms with Crippen LogP contribution in [-0.4, -0.2) is 79.9 Å². The number of hydrogen-bond donors (Lipinski definition) is 0. The maximum atomic E-state index is 13.1. The Labute approximate surface area is 256 Å². The molecule has 9 heteroatoms. The Morgan fingerprint density at radius 2 is 0.886 bits per heavy atom. The van der Waals surface area contributed by atoms with Crippen LogP contribution in [-0.2, 0) is 22.3 Å². The lowest BCUT2D eigenvalue weighted by atomic mass is 9.97. The van der Waals surface area contributed by atoms with Crippen LogP contribution in [0.4, 0.5) is 11.6 Å². The fraction of sp³-hybridized carbons (Fsp3) is 0.286. The number of rotatable bonds is 10. The summed E-state index contributed by atoms with van der Waals surface area (Å²) < 4.78 is 10.8. The zero-order chi connectivity index (χ0) is 30.3. The minimum Gasteiger partial charge on any atom is -0.378 e. The van der Waals surface area contributed by atoms with Gasteiger partial charge in [-0.05, 0) is 35.4 Å². The molecule has 2 fully saturated rings. The van der Waals surface area contributed by atoms with Crippen molar-refractivity contribution in [2.24, 2.45) is 0 Å². The van der Waals surface area contributed by atoms with Gasteiger partial charge in [0.05, 0.1) is 26.4 Å². The molecular formula is C35H34N4O5. The molecule has 0 bridgehead atoms. The van der Waals surface area contributed by atoms with Crippen molar-refractivity contribution in [3.63, 3.8) is 0 Å². The highest BCUT2D eigenvalue weighted by atomic mass is 16.5. The van der Waals surface area contributed by atoms with Crippen molar-refractivity contribution in [3.05, 3.63) is 119 Å². The molecule has 224 valence electrons. The normalized spacial score (nSPS) is 15.2. The van der Waals surface area contributed by atoms with Crippen molar-refractivity contribution < 1.29 is 23.9 Å². The third-order valence-electron chi connectivity index (χ3n) is 7.97. The van der Waals surface area contributed by atoms with E-state index >= 15 is 0 Å². The van der Waals surface area contributed by atoms with E-state index < -0.39 is 0 Å². The third-order valence-corrected chi connectivity index (χ3v) is 7.97. The number of Topliss-reactive ketones (excluding diaryl/α,β-unsaturated/α-hetero) is 2. The summed E-state index contributed by atoms with van der Waals surface area (Å²) in [5, 5.41) is 0. The molecule has 0 spiro atoms. The molecular weight excluding hydrogens is 556 g/mol. The van der Waals surface area contributed by atoms with E-state index in [0.29, 0.717) is 48.7 Å². The zero-order valence-electron chi connectivity index (χ0n) is 24.5. The van der Waals surface area contributed by atoms with E-state index in [0.717, 1.165) is 48.9 Å². The molecule has 0 N–H and O–H groups in total. The van der Waals surface area contributed by atoms with Gasteiger partial charge in [0.1, 0.15) is 11.6 Å². The van der Waals surface area contributed by atoms with Gasteiger partial charge in [-0.2, -0.15) is 0 Å². The molecule has 9 nitrogen and oxygen atoms in total. The summed E-state index contributed by atoms with van der Waals surface area (Å²) >= 11 is 0. The molecule has 2 aliphatic heterocycles. The largest absolute Gasteiger partial charge is 0.378 e. The summed E-state index contributed by atoms with van der Waals surface area (Å²) in [6, 6.07) is 21.6. The number of benzene rings is 2. The fourth-order valence-corrected chi connectivity index (χ4v) is 5.35. The summed E-state index contributed by atoms with van der Waals surface area (Å²) in [5.41, 5.74) is 3.83. The van der Waals surface area contributed by atoms with Crippen molar-refractivity contribution in [1.29, 1.82) is 0 Å². The highest BCUT2D eigenvalue weighted by Gasteiger charge is 2.16. The lowest BCUT2D eigenvalue weighted by Gasteiger charge is -2.27. The van der Waals surface area contributed by atoms with E-state index in [1.54, 1.807) is 36.7 Å². The van der Waals surface area contributed by atoms with Crippen LogP contribution in [0.1, 0.15) is 47.8 Å². The Morgan fingerprint density at radius 1 is 0.523 bits per heavy atom. The molecule has 0 unspecified atom stereocenters. The second-order valence-corrected chi connectivity index (χ2v) is 10.9. The number of ketones is 3. The Morgan fingerprint density at radius 3 is 1.23 bits per heavy atom. The Kier molecular flexibility index (Phi) is 9.14. The molecule has 6 rings (SSSR count). The molecule has 2 aromatic carbocycles. The summed E-state index contributed by atoms with van der Waals surface area (Å²) in [6.45, 7) is 5.87. The first-order valence-electron chi connectivity index (χ1n) is 14.9. The van der Waals surface area contributed by atoms with Crippen molar-refractivity contribution >= 4 is 29.0 Å². The average molecular weight is 591 g/mol. The SMILES string of the molecule is O=C(Cc1ccc(C(=O)c2ccc(CC(=O)c3ccc(N4CCOCC4)nc3)cc2)cc1)c1ccc(N2CCOCC2)nc1. The minimum absolute atomic E-state index is 0.0286. The number of anilines is 2. The molecule has 4 heterocycles. The molecule has 0 amide bonds. The van der Waals surface area contributed by atoms with E-state index in [4.69, 9.17) is 9.47 Å². The third kappa shape index (κ3) is 7.07. The number of morpholine rings is 2. The predicted octanol–water partition coefficient (Wildman–Crippen LogP) is 4.23. The quantitative estimate of drug-likeness (QED) is 0.251. The number of aromatic nitrogens is 2. The highest BCUT2D eigenvalue weighted by molar-refractivity contribution is 6.09. The van der Waals surface area contributed by atoms with Gasteiger partial charge in [0, 0.05) is 73.7 Å². The number of carbonyl (C=O) groups is 3. The van der Waals surface area contributed by atoms with E-state index in [1.165, 1.54) is 0 Å². The van der Waals surface area contributed by atoms with Gasteiger partial charge >= 0.3 is 0 Å². The van der Waals surface area contributed by atoms with Gasteiger partial charge in [-0.1, -0.05) is 48.5 Å². The van der Waals surface area contributed by atoms with Gasteiger partial charge in [-0.25, -0.2) is 9.97 Å². The van der Waals surface area contributed by atoms with Crippen LogP contribution in [0.5, 0.6) is 0 Å². The van der Waals surface area contributed by atoms with E-state index in [1.807, 2.05) is 48.5 Å². The minimum atomic E-state index is -0.119. The Hall–Kier alpha value is -4.73. The van der Waals surface area contributed by atoms with Crippen LogP contribution >= 0.6 is 0 Å². The first kappa shape index (κ1) is 29.3. The Bertz CT molecular complexity index is 1470. The van der Waals surface area contributed by atoms with Gasteiger partial charge in [0.2, 0.25) is 0 Å². The summed E-state index contributed by atoms with van der Waals surface area (Å²) in [7, 11) is 0. The van der Waals surface area contributed by atoms with Gasteiger partial charge in [-0.15, -0.1) is 0 Å². The number of hydrogen-bond acceptors (Lipinski definition) is 9. The lowest BCUT2D eigenvalue weighted by molar-refractivity contribution is 0.0984. The first-order chi connectivity index (χ1) is 21.5. The molecule has 0 saturated carbocycles. The van der Waals surface area contributed by atoms with Crippen LogP contribution in [0.25, 0.3) is 0 Å². The first-order valence-corrected chi connectivity index (χ1v) is 14.9. The van der Waals surface area contributed by atoms with Crippen LogP contribution < -0.4 is 9.80 Å². The van der Waals surface area contributed by atoms with Crippen molar-refractivity contribution in [3.8, 4) is 0 Å². The summed E-state index contributed by atoms with van der Waals surface area (Å²) in [5.74, 6) is 1.52. The van der Waals surface area contributed by atoms with Crippen LogP contribution in [0.3, 0.4) is 0 Å². The standard InChI is InChI=1S/C35H34N4O5/c40-31(29-9-11-33(36-23-29)38-13-17-43-18-14-38)21-25-1-5-27(6-2-25)35(42)28-7-3-26(4-8-28)22-32(41)30-10-12-34(37-24-30)39-15-19-44-20-16-39/h1-12,23-24H,13-22H2. The number of carbonyl (C=O) groups excluding carboxylic acids is 3. The number of pyridine rings is 2. The van der Waals surface area contributed by atoms with E-state index in [9.17, 15) is 14.4 Å². The molecule has 0 aliphatic carbocycles. The average Bonchev–Trinajstić information content (AvgIpc) is 3.09. The molecule has 0 atom stereocenters. The summed E-state index contributed by atoms with van der Waals surface area (Å²) in [4.78, 5) is 52.0. The van der Waals surface area contributed by atoms with Crippen molar-refractivity contribution in [2.45, 2.75) is 12.8 Å². The maximum absolute atomic E-state index is 13.1. The van der Waals surface area contributed by atoms with Gasteiger partial charge < -0.3 is 19.3 Å². The zero-order valence-corrected chi connectivity index (χ0v) is 24.5. The molecule has 44 heavy (non-hydrogen) atoms. The predicted molar refractivity (Wildman–Crippen MR) is 167 cm³/mol. The van der Waals surface area contributed by atoms with Crippen molar-refractivity contribution in [1.82, 2.24) is 9.97 Å². The molecule has 2 aromatic heterocycles. The topological polar surface area (TPSA) is 102 Å². The fourth-order valence-electron chi connectivity index (χ4n) is 5.35. The molecule has 4 aromatic rings. The second-order valence-electron chi connectivity index (χ2n) is 10.9. The highest BCUT2D eigenvalue weighted by Crippen LogP contribution is 2.18. The van der Waals surface area contributed by atoms with Gasteiger partial charge in [-0.3, -0.25) is 14.4 Å². The second kappa shape index (κ2) is 13.7. The van der Waals surface area contributed by atoms with Gasteiger partial charge in [0.25, 0.3) is 0 Å². The van der Waals surface area contributed by atoms with E-state index in [-0.39, 0.29) is 30.2 Å².